The lowest BCUT2D eigenvalue weighted by Crippen LogP contribution is -2.31. The van der Waals surface area contributed by atoms with Gasteiger partial charge in [-0.3, -0.25) is 4.52 Å². The topological polar surface area (TPSA) is 70.0 Å². The quantitative estimate of drug-likeness (QED) is 0.730. The highest BCUT2D eigenvalue weighted by atomic mass is 31.2. The SMILES string of the molecule is CC.CN1CCC(COP(=O)(O)O)CC1. The van der Waals surface area contributed by atoms with Gasteiger partial charge in [-0.25, -0.2) is 4.57 Å². The van der Waals surface area contributed by atoms with Gasteiger partial charge in [-0.05, 0) is 38.9 Å². The molecule has 0 aliphatic carbocycles. The van der Waals surface area contributed by atoms with Crippen LogP contribution >= 0.6 is 7.82 Å². The van der Waals surface area contributed by atoms with Crippen LogP contribution in [-0.4, -0.2) is 41.4 Å². The normalized spacial score (nSPS) is 19.5. The van der Waals surface area contributed by atoms with Crippen LogP contribution in [0.15, 0.2) is 0 Å². The highest BCUT2D eigenvalue weighted by molar-refractivity contribution is 7.46. The van der Waals surface area contributed by atoms with E-state index in [-0.39, 0.29) is 6.61 Å². The third kappa shape index (κ3) is 7.94. The summed E-state index contributed by atoms with van der Waals surface area (Å²) in [5, 5.41) is 0. The summed E-state index contributed by atoms with van der Waals surface area (Å²) >= 11 is 0. The van der Waals surface area contributed by atoms with Gasteiger partial charge in [-0.15, -0.1) is 0 Å². The number of nitrogens with zero attached hydrogens (tertiary/aromatic N) is 1. The van der Waals surface area contributed by atoms with Gasteiger partial charge in [-0.1, -0.05) is 13.8 Å². The summed E-state index contributed by atoms with van der Waals surface area (Å²) in [4.78, 5) is 19.2. The van der Waals surface area contributed by atoms with E-state index in [1.165, 1.54) is 0 Å². The first-order valence-corrected chi connectivity index (χ1v) is 6.89. The molecule has 0 bridgehead atoms. The summed E-state index contributed by atoms with van der Waals surface area (Å²) < 4.78 is 14.9. The molecule has 1 aliphatic rings. The van der Waals surface area contributed by atoms with Crippen molar-refractivity contribution in [3.05, 3.63) is 0 Å². The van der Waals surface area contributed by atoms with E-state index in [4.69, 9.17) is 9.79 Å². The Labute approximate surface area is 91.7 Å². The number of hydrogen-bond donors (Lipinski definition) is 2. The van der Waals surface area contributed by atoms with Crippen LogP contribution < -0.4 is 0 Å². The molecule has 92 valence electrons. The highest BCUT2D eigenvalue weighted by Crippen LogP contribution is 2.37. The van der Waals surface area contributed by atoms with Gasteiger partial charge in [0.05, 0.1) is 6.61 Å². The van der Waals surface area contributed by atoms with Gasteiger partial charge in [0.2, 0.25) is 0 Å². The van der Waals surface area contributed by atoms with Gasteiger partial charge in [0.25, 0.3) is 0 Å². The summed E-state index contributed by atoms with van der Waals surface area (Å²) in [5.41, 5.74) is 0. The molecule has 1 fully saturated rings. The molecule has 0 atom stereocenters. The Kier molecular flexibility index (Phi) is 7.40. The zero-order valence-corrected chi connectivity index (χ0v) is 10.6. The largest absolute Gasteiger partial charge is 0.469 e. The second-order valence-electron chi connectivity index (χ2n) is 3.53. The van der Waals surface area contributed by atoms with E-state index in [2.05, 4.69) is 9.42 Å². The summed E-state index contributed by atoms with van der Waals surface area (Å²) in [6.07, 6.45) is 1.91. The Morgan fingerprint density at radius 1 is 1.33 bits per heavy atom. The van der Waals surface area contributed by atoms with Crippen molar-refractivity contribution in [3.63, 3.8) is 0 Å². The lowest BCUT2D eigenvalue weighted by Gasteiger charge is -2.28. The Morgan fingerprint density at radius 2 is 1.80 bits per heavy atom. The fraction of sp³-hybridized carbons (Fsp3) is 1.00. The minimum absolute atomic E-state index is 0.179. The molecule has 0 unspecified atom stereocenters. The molecule has 0 saturated carbocycles. The smallest absolute Gasteiger partial charge is 0.306 e. The number of phosphoric acid groups is 1. The molecule has 0 spiro atoms. The van der Waals surface area contributed by atoms with Crippen LogP contribution in [0.1, 0.15) is 26.7 Å². The molecule has 0 amide bonds. The van der Waals surface area contributed by atoms with Crippen LogP contribution in [0.4, 0.5) is 0 Å². The lowest BCUT2D eigenvalue weighted by molar-refractivity contribution is 0.128. The zero-order chi connectivity index (χ0) is 11.9. The van der Waals surface area contributed by atoms with Crippen molar-refractivity contribution in [2.45, 2.75) is 26.7 Å². The predicted octanol–water partition coefficient (Wildman–Crippen LogP) is 1.46. The third-order valence-electron chi connectivity index (χ3n) is 2.32. The first-order chi connectivity index (χ1) is 6.97. The van der Waals surface area contributed by atoms with E-state index in [0.29, 0.717) is 5.92 Å². The molecule has 2 N–H and O–H groups in total. The maximum Gasteiger partial charge on any atom is 0.469 e. The zero-order valence-electron chi connectivity index (χ0n) is 9.72. The van der Waals surface area contributed by atoms with E-state index >= 15 is 0 Å². The number of rotatable bonds is 3. The van der Waals surface area contributed by atoms with E-state index in [1.54, 1.807) is 0 Å². The monoisotopic (exact) mass is 239 g/mol. The van der Waals surface area contributed by atoms with Gasteiger partial charge in [0.1, 0.15) is 0 Å². The second-order valence-corrected chi connectivity index (χ2v) is 4.77. The van der Waals surface area contributed by atoms with Gasteiger partial charge in [-0.2, -0.15) is 0 Å². The van der Waals surface area contributed by atoms with Crippen LogP contribution in [0.25, 0.3) is 0 Å². The molecule has 0 aromatic rings. The van der Waals surface area contributed by atoms with Crippen molar-refractivity contribution < 1.29 is 18.9 Å². The molecule has 1 rings (SSSR count). The predicted molar refractivity (Wildman–Crippen MR) is 59.6 cm³/mol. The molecule has 0 aromatic carbocycles. The Morgan fingerprint density at radius 3 is 2.20 bits per heavy atom. The summed E-state index contributed by atoms with van der Waals surface area (Å²) in [7, 11) is -2.22. The maximum absolute atomic E-state index is 10.4. The van der Waals surface area contributed by atoms with Crippen LogP contribution in [0, 0.1) is 5.92 Å². The van der Waals surface area contributed by atoms with Crippen LogP contribution in [0.2, 0.25) is 0 Å². The maximum atomic E-state index is 10.4. The lowest BCUT2D eigenvalue weighted by atomic mass is 9.98. The fourth-order valence-corrected chi connectivity index (χ4v) is 1.84. The minimum Gasteiger partial charge on any atom is -0.306 e. The summed E-state index contributed by atoms with van der Waals surface area (Å²) in [6, 6.07) is 0. The van der Waals surface area contributed by atoms with Crippen molar-refractivity contribution in [2.24, 2.45) is 5.92 Å². The van der Waals surface area contributed by atoms with Crippen molar-refractivity contribution >= 4 is 7.82 Å². The van der Waals surface area contributed by atoms with E-state index in [1.807, 2.05) is 20.9 Å². The van der Waals surface area contributed by atoms with Crippen LogP contribution in [0.5, 0.6) is 0 Å². The van der Waals surface area contributed by atoms with Gasteiger partial charge < -0.3 is 14.7 Å². The molecule has 5 nitrogen and oxygen atoms in total. The molecular weight excluding hydrogens is 217 g/mol. The standard InChI is InChI=1S/C7H16NO4P.C2H6/c1-8-4-2-7(3-5-8)6-12-13(9,10)11;1-2/h7H,2-6H2,1H3,(H2,9,10,11);1-2H3. The van der Waals surface area contributed by atoms with Crippen molar-refractivity contribution in [3.8, 4) is 0 Å². The van der Waals surface area contributed by atoms with E-state index in [0.717, 1.165) is 25.9 Å². The van der Waals surface area contributed by atoms with Crippen LogP contribution in [-0.2, 0) is 9.09 Å². The highest BCUT2D eigenvalue weighted by Gasteiger charge is 2.21. The number of likely N-dealkylation sites (tertiary alicyclic amines) is 1. The Balaban J connectivity index is 0.000000921. The number of piperidine rings is 1. The van der Waals surface area contributed by atoms with Crippen molar-refractivity contribution in [2.75, 3.05) is 26.7 Å². The molecule has 0 radical (unpaired) electrons. The average Bonchev–Trinajstić information content (AvgIpc) is 2.19. The van der Waals surface area contributed by atoms with Crippen molar-refractivity contribution in [1.82, 2.24) is 4.90 Å². The first kappa shape index (κ1) is 15.1. The second kappa shape index (κ2) is 7.36. The third-order valence-corrected chi connectivity index (χ3v) is 2.80. The Hall–Kier alpha value is 0.0700. The summed E-state index contributed by atoms with van der Waals surface area (Å²) in [5.74, 6) is 0.295. The Bertz CT molecular complexity index is 198. The van der Waals surface area contributed by atoms with Gasteiger partial charge >= 0.3 is 7.82 Å². The molecule has 1 heterocycles. The molecule has 1 aliphatic heterocycles. The van der Waals surface area contributed by atoms with Gasteiger partial charge in [0.15, 0.2) is 0 Å². The summed E-state index contributed by atoms with van der Waals surface area (Å²) in [6.45, 7) is 6.14. The van der Waals surface area contributed by atoms with E-state index < -0.39 is 7.82 Å². The van der Waals surface area contributed by atoms with Gasteiger partial charge in [0, 0.05) is 0 Å². The number of hydrogen-bond acceptors (Lipinski definition) is 3. The average molecular weight is 239 g/mol. The van der Waals surface area contributed by atoms with E-state index in [9.17, 15) is 4.57 Å². The molecular formula is C9H22NO4P. The minimum atomic E-state index is -4.26. The first-order valence-electron chi connectivity index (χ1n) is 5.36. The molecule has 0 aromatic heterocycles. The molecule has 6 heteroatoms. The number of phosphoric ester groups is 1. The molecule has 1 saturated heterocycles. The fourth-order valence-electron chi connectivity index (χ4n) is 1.43. The van der Waals surface area contributed by atoms with Crippen LogP contribution in [0.3, 0.4) is 0 Å². The van der Waals surface area contributed by atoms with Crippen molar-refractivity contribution in [1.29, 1.82) is 0 Å². The molecule has 15 heavy (non-hydrogen) atoms.